The standard InChI is InChI=1S/C72H45N/c1-2-20-47(21-3-1)70-52(49-38-37-46-19-4-5-22-48(46)43-49)29-18-36-69(70)73(50-39-41-59-57-27-10-16-34-65(57)71(67(59)44-50)61-30-12-6-23-53(61)54-24-7-13-31-62(54)71)51-40-42-60-58-28-11-17-35-66(58)72(68(60)45-51)63-32-14-8-25-55(63)56-26-9-15-33-64(56)72/h1-45H. The summed E-state index contributed by atoms with van der Waals surface area (Å²) in [5.41, 5.74) is 28.1. The molecular weight excluding hydrogens is 879 g/mol. The molecule has 4 aliphatic rings. The Morgan fingerprint density at radius 1 is 0.219 bits per heavy atom. The first-order valence-corrected chi connectivity index (χ1v) is 25.6. The van der Waals surface area contributed by atoms with Crippen molar-refractivity contribution in [3.8, 4) is 66.8 Å². The summed E-state index contributed by atoms with van der Waals surface area (Å²) >= 11 is 0. The van der Waals surface area contributed by atoms with Crippen molar-refractivity contribution in [2.75, 3.05) is 4.90 Å². The van der Waals surface area contributed by atoms with Crippen LogP contribution >= 0.6 is 0 Å². The molecular formula is C72H45N. The highest BCUT2D eigenvalue weighted by atomic mass is 15.1. The monoisotopic (exact) mass is 923 g/mol. The molecule has 0 aliphatic heterocycles. The largest absolute Gasteiger partial charge is 0.310 e. The molecule has 0 unspecified atom stereocenters. The van der Waals surface area contributed by atoms with E-state index in [2.05, 4.69) is 278 Å². The lowest BCUT2D eigenvalue weighted by Crippen LogP contribution is -2.26. The first kappa shape index (κ1) is 40.4. The van der Waals surface area contributed by atoms with E-state index in [0.717, 1.165) is 17.1 Å². The molecule has 0 fully saturated rings. The molecule has 73 heavy (non-hydrogen) atoms. The molecule has 0 aromatic heterocycles. The zero-order valence-electron chi connectivity index (χ0n) is 39.9. The number of benzene rings is 12. The third kappa shape index (κ3) is 5.30. The predicted molar refractivity (Wildman–Crippen MR) is 302 cm³/mol. The SMILES string of the molecule is c1ccc(-c2c(-c3ccc4ccccc4c3)cccc2N(c2ccc3c(c2)C2(c4ccccc4-c4ccccc42)c2ccccc2-3)c2ccc3c(c2)C2(c4ccccc4-c4ccccc42)c2ccccc2-3)cc1. The van der Waals surface area contributed by atoms with Gasteiger partial charge in [-0.05, 0) is 153 Å². The molecule has 0 atom stereocenters. The number of rotatable bonds is 5. The maximum absolute atomic E-state index is 2.58. The molecule has 4 aliphatic carbocycles. The van der Waals surface area contributed by atoms with Crippen molar-refractivity contribution < 1.29 is 0 Å². The Hall–Kier alpha value is -9.30. The van der Waals surface area contributed by atoms with Gasteiger partial charge in [-0.1, -0.05) is 237 Å². The van der Waals surface area contributed by atoms with Crippen LogP contribution in [0.5, 0.6) is 0 Å². The third-order valence-corrected chi connectivity index (χ3v) is 16.9. The van der Waals surface area contributed by atoms with Crippen LogP contribution in [0.3, 0.4) is 0 Å². The molecule has 1 heteroatoms. The predicted octanol–water partition coefficient (Wildman–Crippen LogP) is 18.3. The van der Waals surface area contributed by atoms with Crippen LogP contribution in [0.15, 0.2) is 273 Å². The Kier molecular flexibility index (Phi) is 8.37. The van der Waals surface area contributed by atoms with Crippen LogP contribution in [0.4, 0.5) is 17.1 Å². The summed E-state index contributed by atoms with van der Waals surface area (Å²) in [5.74, 6) is 0. The van der Waals surface area contributed by atoms with Gasteiger partial charge in [0.2, 0.25) is 0 Å². The minimum absolute atomic E-state index is 0.503. The maximum Gasteiger partial charge on any atom is 0.0726 e. The molecule has 0 amide bonds. The van der Waals surface area contributed by atoms with E-state index in [1.54, 1.807) is 0 Å². The molecule has 0 bridgehead atoms. The normalized spacial score (nSPS) is 14.0. The molecule has 0 heterocycles. The van der Waals surface area contributed by atoms with Crippen LogP contribution in [0.1, 0.15) is 44.5 Å². The summed E-state index contributed by atoms with van der Waals surface area (Å²) in [6.07, 6.45) is 0. The van der Waals surface area contributed by atoms with Gasteiger partial charge in [-0.3, -0.25) is 0 Å². The summed E-state index contributed by atoms with van der Waals surface area (Å²) in [5, 5.41) is 2.46. The molecule has 0 radical (unpaired) electrons. The smallest absolute Gasteiger partial charge is 0.0726 e. The van der Waals surface area contributed by atoms with Gasteiger partial charge in [-0.2, -0.15) is 0 Å². The second-order valence-corrected chi connectivity index (χ2v) is 20.2. The van der Waals surface area contributed by atoms with E-state index >= 15 is 0 Å². The first-order valence-electron chi connectivity index (χ1n) is 25.6. The highest BCUT2D eigenvalue weighted by molar-refractivity contribution is 6.02. The van der Waals surface area contributed by atoms with Gasteiger partial charge in [0.1, 0.15) is 0 Å². The van der Waals surface area contributed by atoms with Crippen molar-refractivity contribution in [3.63, 3.8) is 0 Å². The number of anilines is 3. The Morgan fingerprint density at radius 2 is 0.589 bits per heavy atom. The van der Waals surface area contributed by atoms with Crippen LogP contribution < -0.4 is 4.90 Å². The number of hydrogen-bond acceptors (Lipinski definition) is 1. The molecule has 1 nitrogen and oxygen atoms in total. The average Bonchev–Trinajstić information content (AvgIpc) is 4.23. The minimum Gasteiger partial charge on any atom is -0.310 e. The van der Waals surface area contributed by atoms with Crippen molar-refractivity contribution >= 4 is 27.8 Å². The molecule has 16 rings (SSSR count). The molecule has 12 aromatic carbocycles. The zero-order valence-corrected chi connectivity index (χ0v) is 39.9. The van der Waals surface area contributed by atoms with E-state index in [1.807, 2.05) is 0 Å². The van der Waals surface area contributed by atoms with Crippen molar-refractivity contribution in [1.29, 1.82) is 0 Å². The molecule has 12 aromatic rings. The molecule has 0 N–H and O–H groups in total. The van der Waals surface area contributed by atoms with Crippen molar-refractivity contribution in [3.05, 3.63) is 317 Å². The van der Waals surface area contributed by atoms with Gasteiger partial charge in [0.15, 0.2) is 0 Å². The van der Waals surface area contributed by atoms with Crippen LogP contribution in [0, 0.1) is 0 Å². The fourth-order valence-corrected chi connectivity index (χ4v) is 14.1. The van der Waals surface area contributed by atoms with Crippen LogP contribution in [0.2, 0.25) is 0 Å². The average molecular weight is 924 g/mol. The Balaban J connectivity index is 1.01. The van der Waals surface area contributed by atoms with Crippen LogP contribution in [-0.2, 0) is 10.8 Å². The van der Waals surface area contributed by atoms with E-state index in [0.29, 0.717) is 0 Å². The van der Waals surface area contributed by atoms with E-state index in [9.17, 15) is 0 Å². The second kappa shape index (κ2) is 15.1. The highest BCUT2D eigenvalue weighted by Crippen LogP contribution is 2.66. The lowest BCUT2D eigenvalue weighted by Gasteiger charge is -2.34. The van der Waals surface area contributed by atoms with Gasteiger partial charge in [-0.25, -0.2) is 0 Å². The molecule has 0 saturated carbocycles. The van der Waals surface area contributed by atoms with Crippen LogP contribution in [-0.4, -0.2) is 0 Å². The summed E-state index contributed by atoms with van der Waals surface area (Å²) < 4.78 is 0. The topological polar surface area (TPSA) is 3.24 Å². The minimum atomic E-state index is -0.503. The van der Waals surface area contributed by atoms with E-state index in [-0.39, 0.29) is 0 Å². The first-order chi connectivity index (χ1) is 36.2. The highest BCUT2D eigenvalue weighted by Gasteiger charge is 2.53. The van der Waals surface area contributed by atoms with E-state index in [4.69, 9.17) is 0 Å². The molecule has 0 saturated heterocycles. The lowest BCUT2D eigenvalue weighted by molar-refractivity contribution is 0.792. The van der Waals surface area contributed by atoms with Crippen molar-refractivity contribution in [1.82, 2.24) is 0 Å². The Bertz CT molecular complexity index is 3970. The van der Waals surface area contributed by atoms with Gasteiger partial charge in [0.25, 0.3) is 0 Å². The maximum atomic E-state index is 2.58. The zero-order chi connectivity index (χ0) is 47.8. The third-order valence-electron chi connectivity index (χ3n) is 16.9. The Labute approximate surface area is 425 Å². The van der Waals surface area contributed by atoms with E-state index in [1.165, 1.54) is 122 Å². The fourth-order valence-electron chi connectivity index (χ4n) is 14.1. The number of fused-ring (bicyclic) bond motifs is 21. The fraction of sp³-hybridized carbons (Fsp3) is 0.0278. The summed E-state index contributed by atoms with van der Waals surface area (Å²) in [7, 11) is 0. The Morgan fingerprint density at radius 3 is 1.04 bits per heavy atom. The second-order valence-electron chi connectivity index (χ2n) is 20.2. The molecule has 338 valence electrons. The van der Waals surface area contributed by atoms with Crippen molar-refractivity contribution in [2.45, 2.75) is 10.8 Å². The summed E-state index contributed by atoms with van der Waals surface area (Å²) in [6, 6.07) is 103. The van der Waals surface area contributed by atoms with Crippen molar-refractivity contribution in [2.24, 2.45) is 0 Å². The van der Waals surface area contributed by atoms with Gasteiger partial charge >= 0.3 is 0 Å². The van der Waals surface area contributed by atoms with Gasteiger partial charge in [-0.15, -0.1) is 0 Å². The van der Waals surface area contributed by atoms with Gasteiger partial charge < -0.3 is 4.90 Å². The van der Waals surface area contributed by atoms with Gasteiger partial charge in [0, 0.05) is 16.9 Å². The van der Waals surface area contributed by atoms with Gasteiger partial charge in [0.05, 0.1) is 16.5 Å². The number of hydrogen-bond donors (Lipinski definition) is 0. The summed E-state index contributed by atoms with van der Waals surface area (Å²) in [6.45, 7) is 0. The van der Waals surface area contributed by atoms with Crippen LogP contribution in [0.25, 0.3) is 77.5 Å². The number of nitrogens with zero attached hydrogens (tertiary/aromatic N) is 1. The van der Waals surface area contributed by atoms with E-state index < -0.39 is 10.8 Å². The lowest BCUT2D eigenvalue weighted by atomic mass is 9.70. The molecule has 2 spiro atoms. The quantitative estimate of drug-likeness (QED) is 0.166. The summed E-state index contributed by atoms with van der Waals surface area (Å²) in [4.78, 5) is 2.58.